The van der Waals surface area contributed by atoms with Crippen molar-refractivity contribution >= 4 is 17.5 Å². The molecular weight excluding hydrogens is 268 g/mol. The van der Waals surface area contributed by atoms with E-state index < -0.39 is 6.10 Å². The number of aliphatic hydroxyl groups excluding tert-OH is 1. The molecule has 1 aromatic carbocycles. The fourth-order valence-corrected chi connectivity index (χ4v) is 2.37. The van der Waals surface area contributed by atoms with E-state index in [1.165, 1.54) is 4.90 Å². The van der Waals surface area contributed by atoms with Crippen LogP contribution in [0.5, 0.6) is 0 Å². The van der Waals surface area contributed by atoms with E-state index in [1.54, 1.807) is 12.1 Å². The average Bonchev–Trinajstić information content (AvgIpc) is 2.71. The van der Waals surface area contributed by atoms with Gasteiger partial charge in [0.15, 0.2) is 0 Å². The van der Waals surface area contributed by atoms with Crippen molar-refractivity contribution in [2.45, 2.75) is 25.9 Å². The Morgan fingerprint density at radius 3 is 2.67 bits per heavy atom. The zero-order valence-electron chi connectivity index (χ0n) is 12.1. The van der Waals surface area contributed by atoms with Gasteiger partial charge in [-0.25, -0.2) is 0 Å². The molecule has 2 rings (SSSR count). The molecule has 0 saturated heterocycles. The first-order valence-corrected chi connectivity index (χ1v) is 7.09. The molecule has 1 heterocycles. The first-order chi connectivity index (χ1) is 10.0. The second-order valence-corrected chi connectivity index (χ2v) is 5.13. The van der Waals surface area contributed by atoms with Gasteiger partial charge < -0.3 is 10.4 Å². The summed E-state index contributed by atoms with van der Waals surface area (Å²) in [4.78, 5) is 25.5. The molecule has 0 fully saturated rings. The molecule has 0 spiro atoms. The van der Waals surface area contributed by atoms with Crippen LogP contribution < -0.4 is 5.32 Å². The maximum absolute atomic E-state index is 12.2. The van der Waals surface area contributed by atoms with Crippen LogP contribution in [0, 0.1) is 0 Å². The molecule has 112 valence electrons. The van der Waals surface area contributed by atoms with Gasteiger partial charge in [-0.1, -0.05) is 38.1 Å². The van der Waals surface area contributed by atoms with Gasteiger partial charge in [-0.15, -0.1) is 0 Å². The highest BCUT2D eigenvalue weighted by Gasteiger charge is 2.31. The van der Waals surface area contributed by atoms with Crippen LogP contribution in [0.15, 0.2) is 30.8 Å². The van der Waals surface area contributed by atoms with E-state index >= 15 is 0 Å². The van der Waals surface area contributed by atoms with Crippen LogP contribution in [0.25, 0.3) is 5.70 Å². The Morgan fingerprint density at radius 2 is 2.05 bits per heavy atom. The number of rotatable bonds is 6. The minimum absolute atomic E-state index is 0.0782. The van der Waals surface area contributed by atoms with Gasteiger partial charge in [-0.3, -0.25) is 14.5 Å². The zero-order chi connectivity index (χ0) is 15.4. The van der Waals surface area contributed by atoms with Crippen molar-refractivity contribution in [2.24, 2.45) is 0 Å². The molecule has 1 atom stereocenters. The van der Waals surface area contributed by atoms with E-state index in [4.69, 9.17) is 0 Å². The van der Waals surface area contributed by atoms with Gasteiger partial charge in [0.05, 0.1) is 6.10 Å². The Hall–Kier alpha value is -2.14. The summed E-state index contributed by atoms with van der Waals surface area (Å²) >= 11 is 0. The van der Waals surface area contributed by atoms with Crippen molar-refractivity contribution in [3.8, 4) is 0 Å². The maximum Gasteiger partial charge on any atom is 0.259 e. The van der Waals surface area contributed by atoms with Crippen LogP contribution in [0.4, 0.5) is 0 Å². The number of aliphatic hydroxyl groups is 1. The number of nitrogens with one attached hydrogen (secondary N) is 1. The molecule has 1 unspecified atom stereocenters. The van der Waals surface area contributed by atoms with Crippen molar-refractivity contribution in [1.29, 1.82) is 0 Å². The van der Waals surface area contributed by atoms with Gasteiger partial charge >= 0.3 is 0 Å². The normalized spacial score (nSPS) is 15.0. The van der Waals surface area contributed by atoms with E-state index in [0.717, 1.165) is 12.0 Å². The molecular formula is C16H20N2O3. The van der Waals surface area contributed by atoms with Crippen LogP contribution in [0.1, 0.15) is 35.7 Å². The predicted octanol–water partition coefficient (Wildman–Crippen LogP) is 1.39. The fraction of sp³-hybridized carbons (Fsp3) is 0.375. The lowest BCUT2D eigenvalue weighted by Crippen LogP contribution is -2.39. The van der Waals surface area contributed by atoms with Gasteiger partial charge in [0, 0.05) is 23.4 Å². The van der Waals surface area contributed by atoms with E-state index in [9.17, 15) is 14.7 Å². The number of benzene rings is 1. The highest BCUT2D eigenvalue weighted by atomic mass is 16.3. The topological polar surface area (TPSA) is 69.6 Å². The van der Waals surface area contributed by atoms with Crippen molar-refractivity contribution in [3.63, 3.8) is 0 Å². The smallest absolute Gasteiger partial charge is 0.259 e. The standard InChI is InChI=1S/C16H20N2O3/c1-3-6-12(19)9-17-15(20)10-18-11(2)13-7-4-5-8-14(13)16(18)21/h4-5,7-8,12,19H,2-3,6,9-10H2,1H3,(H,17,20). The lowest BCUT2D eigenvalue weighted by Gasteiger charge is -2.18. The van der Waals surface area contributed by atoms with Crippen LogP contribution in [-0.2, 0) is 4.79 Å². The molecule has 0 aliphatic carbocycles. The van der Waals surface area contributed by atoms with Crippen LogP contribution in [0.2, 0.25) is 0 Å². The number of amides is 2. The minimum Gasteiger partial charge on any atom is -0.391 e. The quantitative estimate of drug-likeness (QED) is 0.831. The molecule has 2 amide bonds. The van der Waals surface area contributed by atoms with Crippen LogP contribution in [0.3, 0.4) is 0 Å². The molecule has 2 N–H and O–H groups in total. The molecule has 5 nitrogen and oxygen atoms in total. The number of hydrogen-bond donors (Lipinski definition) is 2. The highest BCUT2D eigenvalue weighted by Crippen LogP contribution is 2.30. The maximum atomic E-state index is 12.2. The van der Waals surface area contributed by atoms with Crippen molar-refractivity contribution in [2.75, 3.05) is 13.1 Å². The van der Waals surface area contributed by atoms with Gasteiger partial charge in [0.1, 0.15) is 6.54 Å². The number of carbonyl (C=O) groups excluding carboxylic acids is 2. The SMILES string of the molecule is C=C1c2ccccc2C(=O)N1CC(=O)NCC(O)CCC. The number of fused-ring (bicyclic) bond motifs is 1. The highest BCUT2D eigenvalue weighted by molar-refractivity contribution is 6.10. The van der Waals surface area contributed by atoms with E-state index in [2.05, 4.69) is 11.9 Å². The van der Waals surface area contributed by atoms with E-state index in [-0.39, 0.29) is 24.9 Å². The van der Waals surface area contributed by atoms with E-state index in [1.807, 2.05) is 19.1 Å². The van der Waals surface area contributed by atoms with Gasteiger partial charge in [0.25, 0.3) is 5.91 Å². The molecule has 5 heteroatoms. The molecule has 21 heavy (non-hydrogen) atoms. The van der Waals surface area contributed by atoms with Gasteiger partial charge in [0.2, 0.25) is 5.91 Å². The first-order valence-electron chi connectivity index (χ1n) is 7.09. The second kappa shape index (κ2) is 6.54. The summed E-state index contributed by atoms with van der Waals surface area (Å²) in [5, 5.41) is 12.2. The van der Waals surface area contributed by atoms with Crippen molar-refractivity contribution in [3.05, 3.63) is 42.0 Å². The summed E-state index contributed by atoms with van der Waals surface area (Å²) in [6, 6.07) is 7.17. The first kappa shape index (κ1) is 15.3. The van der Waals surface area contributed by atoms with Crippen LogP contribution >= 0.6 is 0 Å². The summed E-state index contributed by atoms with van der Waals surface area (Å²) in [5.41, 5.74) is 1.88. The predicted molar refractivity (Wildman–Crippen MR) is 80.4 cm³/mol. The summed E-state index contributed by atoms with van der Waals surface area (Å²) in [7, 11) is 0. The zero-order valence-corrected chi connectivity index (χ0v) is 12.1. The minimum atomic E-state index is -0.548. The monoisotopic (exact) mass is 288 g/mol. The lowest BCUT2D eigenvalue weighted by molar-refractivity contribution is -0.121. The Labute approximate surface area is 124 Å². The van der Waals surface area contributed by atoms with Gasteiger partial charge in [-0.05, 0) is 12.5 Å². The molecule has 1 aliphatic heterocycles. The molecule has 0 radical (unpaired) electrons. The fourth-order valence-electron chi connectivity index (χ4n) is 2.37. The third-order valence-corrected chi connectivity index (χ3v) is 3.50. The van der Waals surface area contributed by atoms with Crippen molar-refractivity contribution < 1.29 is 14.7 Å². The van der Waals surface area contributed by atoms with Crippen molar-refractivity contribution in [1.82, 2.24) is 10.2 Å². The Bertz CT molecular complexity index is 533. The van der Waals surface area contributed by atoms with Crippen LogP contribution in [-0.4, -0.2) is 41.0 Å². The largest absolute Gasteiger partial charge is 0.391 e. The average molecular weight is 288 g/mol. The molecule has 0 saturated carbocycles. The Morgan fingerprint density at radius 1 is 1.38 bits per heavy atom. The van der Waals surface area contributed by atoms with E-state index in [0.29, 0.717) is 17.7 Å². The summed E-state index contributed by atoms with van der Waals surface area (Å²) < 4.78 is 0. The molecule has 1 aliphatic rings. The molecule has 0 aromatic heterocycles. The molecule has 1 aromatic rings. The third-order valence-electron chi connectivity index (χ3n) is 3.50. The molecule has 0 bridgehead atoms. The third kappa shape index (κ3) is 3.31. The van der Waals surface area contributed by atoms with Gasteiger partial charge in [-0.2, -0.15) is 0 Å². The Kier molecular flexibility index (Phi) is 4.75. The second-order valence-electron chi connectivity index (χ2n) is 5.13. The number of hydrogen-bond acceptors (Lipinski definition) is 3. The summed E-state index contributed by atoms with van der Waals surface area (Å²) in [5.74, 6) is -0.507. The summed E-state index contributed by atoms with van der Waals surface area (Å²) in [6.45, 7) is 5.97. The number of carbonyl (C=O) groups is 2. The number of nitrogens with zero attached hydrogens (tertiary/aromatic N) is 1. The Balaban J connectivity index is 1.94. The summed E-state index contributed by atoms with van der Waals surface area (Å²) in [6.07, 6.45) is 0.947. The lowest BCUT2D eigenvalue weighted by atomic mass is 10.1.